The molecular weight excluding hydrogens is 448 g/mol. The first-order valence-electron chi connectivity index (χ1n) is 14.2. The number of hydrogen-bond acceptors (Lipinski definition) is 5. The molecule has 0 amide bonds. The van der Waals surface area contributed by atoms with Crippen LogP contribution in [0.1, 0.15) is 98.3 Å². The Hall–Kier alpha value is -2.00. The van der Waals surface area contributed by atoms with E-state index in [1.807, 2.05) is 12.3 Å². The van der Waals surface area contributed by atoms with Gasteiger partial charge in [0.05, 0.1) is 11.7 Å². The lowest BCUT2D eigenvalue weighted by atomic mass is 9.34. The zero-order valence-corrected chi connectivity index (χ0v) is 23.1. The Morgan fingerprint density at radius 1 is 1.06 bits per heavy atom. The predicted molar refractivity (Wildman–Crippen MR) is 138 cm³/mol. The van der Waals surface area contributed by atoms with Crippen LogP contribution in [0.15, 0.2) is 27.4 Å². The second-order valence-corrected chi connectivity index (χ2v) is 14.5. The van der Waals surface area contributed by atoms with Gasteiger partial charge in [-0.2, -0.15) is 4.99 Å². The fourth-order valence-electron chi connectivity index (χ4n) is 10.8. The maximum atomic E-state index is 14.4. The van der Waals surface area contributed by atoms with Crippen LogP contribution in [0.4, 0.5) is 0 Å². The van der Waals surface area contributed by atoms with Gasteiger partial charge in [0, 0.05) is 16.9 Å². The molecule has 5 aliphatic rings. The molecule has 36 heavy (non-hydrogen) atoms. The van der Waals surface area contributed by atoms with Gasteiger partial charge in [-0.05, 0) is 90.9 Å². The summed E-state index contributed by atoms with van der Waals surface area (Å²) in [5.41, 5.74) is 1.66. The van der Waals surface area contributed by atoms with Crippen molar-refractivity contribution in [1.82, 2.24) is 5.16 Å². The minimum absolute atomic E-state index is 0.0704. The highest BCUT2D eigenvalue weighted by atomic mass is 16.5. The van der Waals surface area contributed by atoms with E-state index in [9.17, 15) is 9.59 Å². The number of allylic oxidation sites excluding steroid dienone is 2. The van der Waals surface area contributed by atoms with Gasteiger partial charge in [0.2, 0.25) is 6.08 Å². The quantitative estimate of drug-likeness (QED) is 0.328. The number of nitrogens with zero attached hydrogens (tertiary/aromatic N) is 2. The number of aliphatic imine (C=N–C) groups is 1. The molecule has 0 N–H and O–H groups in total. The van der Waals surface area contributed by atoms with Crippen molar-refractivity contribution in [1.29, 1.82) is 0 Å². The van der Waals surface area contributed by atoms with Crippen molar-refractivity contribution >= 4 is 11.9 Å². The Kier molecular flexibility index (Phi) is 4.94. The fraction of sp³-hybridized carbons (Fsp3) is 0.774. The molecule has 5 heteroatoms. The number of aromatic nitrogens is 1. The van der Waals surface area contributed by atoms with Gasteiger partial charge in [-0.3, -0.25) is 4.79 Å². The maximum Gasteiger partial charge on any atom is 0.235 e. The van der Waals surface area contributed by atoms with Crippen LogP contribution in [0.5, 0.6) is 0 Å². The van der Waals surface area contributed by atoms with E-state index < -0.39 is 5.54 Å². The molecule has 3 fully saturated rings. The second kappa shape index (κ2) is 7.31. The van der Waals surface area contributed by atoms with E-state index in [1.165, 1.54) is 11.1 Å². The Morgan fingerprint density at radius 3 is 2.53 bits per heavy atom. The van der Waals surface area contributed by atoms with E-state index in [4.69, 9.17) is 4.52 Å². The molecule has 0 unspecified atom stereocenters. The standard InChI is InChI=1S/C31H42N2O3/c1-18-8-11-31(32-17-34)13-12-30(7)25(24(31)19(18)2)21(35)14-23-28(5)15-20-16-33-36-26(20)27(3,4)22(28)9-10-29(23,30)6/h14,16,18-19,22,24-25H,8-13,15H2,1-7H3/t18-,19+,22+,24+,25-,28+,29-,30-,31+/m1/s1. The molecule has 9 atom stereocenters. The largest absolute Gasteiger partial charge is 0.361 e. The molecule has 3 saturated carbocycles. The Morgan fingerprint density at radius 2 is 1.81 bits per heavy atom. The maximum absolute atomic E-state index is 14.4. The van der Waals surface area contributed by atoms with Crippen molar-refractivity contribution in [3.05, 3.63) is 29.2 Å². The third kappa shape index (κ3) is 2.69. The Bertz CT molecular complexity index is 1210. The number of isocyanates is 1. The third-order valence-corrected chi connectivity index (χ3v) is 12.9. The van der Waals surface area contributed by atoms with Crippen LogP contribution in [-0.2, 0) is 21.4 Å². The van der Waals surface area contributed by atoms with Crippen molar-refractivity contribution in [2.45, 2.75) is 104 Å². The molecule has 6 rings (SSSR count). The van der Waals surface area contributed by atoms with Gasteiger partial charge in [-0.25, -0.2) is 4.79 Å². The van der Waals surface area contributed by atoms with Crippen molar-refractivity contribution < 1.29 is 14.1 Å². The molecule has 0 aliphatic heterocycles. The lowest BCUT2D eigenvalue weighted by Crippen LogP contribution is -2.67. The van der Waals surface area contributed by atoms with E-state index in [0.29, 0.717) is 17.8 Å². The lowest BCUT2D eigenvalue weighted by Gasteiger charge is -2.69. The zero-order chi connectivity index (χ0) is 25.9. The molecule has 0 saturated heterocycles. The number of hydrogen-bond donors (Lipinski definition) is 0. The van der Waals surface area contributed by atoms with Gasteiger partial charge in [-0.1, -0.05) is 59.2 Å². The molecule has 5 aliphatic carbocycles. The minimum atomic E-state index is -0.430. The SMILES string of the molecule is C[C@@H]1[C@H]2[C@H]3C(=O)C=C4[C@@]5(C)Cc6cnoc6C(C)(C)[C@@H]5CC[C@@]4(C)[C@]3(C)CC[C@@]2(N=C=O)CC[C@H]1C. The van der Waals surface area contributed by atoms with Crippen LogP contribution < -0.4 is 0 Å². The minimum Gasteiger partial charge on any atom is -0.361 e. The Labute approximate surface area is 215 Å². The first-order valence-corrected chi connectivity index (χ1v) is 14.2. The van der Waals surface area contributed by atoms with Crippen molar-refractivity contribution in [3.8, 4) is 0 Å². The first-order chi connectivity index (χ1) is 16.9. The van der Waals surface area contributed by atoms with E-state index in [2.05, 4.69) is 64.7 Å². The summed E-state index contributed by atoms with van der Waals surface area (Å²) in [7, 11) is 0. The highest BCUT2D eigenvalue weighted by Gasteiger charge is 2.70. The van der Waals surface area contributed by atoms with Gasteiger partial charge in [0.15, 0.2) is 5.78 Å². The summed E-state index contributed by atoms with van der Waals surface area (Å²) in [4.78, 5) is 30.6. The van der Waals surface area contributed by atoms with Crippen LogP contribution in [-0.4, -0.2) is 22.6 Å². The molecule has 0 spiro atoms. The average molecular weight is 491 g/mol. The normalized spacial score (nSPS) is 48.8. The van der Waals surface area contributed by atoms with E-state index in [1.54, 1.807) is 0 Å². The number of ketones is 1. The highest BCUT2D eigenvalue weighted by Crippen LogP contribution is 2.74. The van der Waals surface area contributed by atoms with Crippen molar-refractivity contribution in [2.24, 2.45) is 50.8 Å². The molecular formula is C31H42N2O3. The highest BCUT2D eigenvalue weighted by molar-refractivity contribution is 5.95. The Balaban J connectivity index is 1.53. The van der Waals surface area contributed by atoms with Crippen molar-refractivity contribution in [3.63, 3.8) is 0 Å². The summed E-state index contributed by atoms with van der Waals surface area (Å²) >= 11 is 0. The smallest absolute Gasteiger partial charge is 0.235 e. The summed E-state index contributed by atoms with van der Waals surface area (Å²) in [6.45, 7) is 16.5. The van der Waals surface area contributed by atoms with Crippen LogP contribution in [0.3, 0.4) is 0 Å². The summed E-state index contributed by atoms with van der Waals surface area (Å²) in [6.07, 6.45) is 12.8. The fourth-order valence-corrected chi connectivity index (χ4v) is 10.8. The molecule has 1 aromatic heterocycles. The molecule has 1 aromatic rings. The number of carbonyl (C=O) groups is 1. The number of fused-ring (bicyclic) bond motifs is 8. The molecule has 0 radical (unpaired) electrons. The van der Waals surface area contributed by atoms with Gasteiger partial charge < -0.3 is 4.52 Å². The zero-order valence-electron chi connectivity index (χ0n) is 23.1. The van der Waals surface area contributed by atoms with Crippen LogP contribution in [0.25, 0.3) is 0 Å². The summed E-state index contributed by atoms with van der Waals surface area (Å²) < 4.78 is 5.79. The predicted octanol–water partition coefficient (Wildman–Crippen LogP) is 6.61. The first kappa shape index (κ1) is 24.3. The average Bonchev–Trinajstić information content (AvgIpc) is 3.28. The van der Waals surface area contributed by atoms with E-state index in [-0.39, 0.29) is 39.3 Å². The van der Waals surface area contributed by atoms with Crippen LogP contribution in [0.2, 0.25) is 0 Å². The summed E-state index contributed by atoms with van der Waals surface area (Å²) in [5.74, 6) is 2.57. The second-order valence-electron chi connectivity index (χ2n) is 14.5. The summed E-state index contributed by atoms with van der Waals surface area (Å²) in [5, 5.41) is 4.19. The van der Waals surface area contributed by atoms with Crippen LogP contribution in [0, 0.1) is 45.8 Å². The number of rotatable bonds is 1. The van der Waals surface area contributed by atoms with Gasteiger partial charge in [-0.15, -0.1) is 0 Å². The number of carbonyl (C=O) groups excluding carboxylic acids is 2. The van der Waals surface area contributed by atoms with Gasteiger partial charge >= 0.3 is 0 Å². The molecule has 1 heterocycles. The molecule has 5 nitrogen and oxygen atoms in total. The molecule has 0 bridgehead atoms. The van der Waals surface area contributed by atoms with Crippen LogP contribution >= 0.6 is 0 Å². The van der Waals surface area contributed by atoms with Gasteiger partial charge in [0.25, 0.3) is 0 Å². The topological polar surface area (TPSA) is 72.5 Å². The van der Waals surface area contributed by atoms with Gasteiger partial charge in [0.1, 0.15) is 5.76 Å². The third-order valence-electron chi connectivity index (χ3n) is 12.9. The van der Waals surface area contributed by atoms with Crippen molar-refractivity contribution in [2.75, 3.05) is 0 Å². The van der Waals surface area contributed by atoms with E-state index in [0.717, 1.165) is 50.7 Å². The molecule has 194 valence electrons. The molecule has 0 aromatic carbocycles. The lowest BCUT2D eigenvalue weighted by molar-refractivity contribution is -0.161. The monoisotopic (exact) mass is 490 g/mol. The van der Waals surface area contributed by atoms with E-state index >= 15 is 0 Å². The summed E-state index contributed by atoms with van der Waals surface area (Å²) in [6, 6.07) is 0.